The average Bonchev–Trinajstić information content (AvgIpc) is 3.03. The molecule has 0 saturated carbocycles. The topological polar surface area (TPSA) is 56.1 Å². The van der Waals surface area contributed by atoms with Gasteiger partial charge in [0, 0.05) is 17.5 Å². The summed E-state index contributed by atoms with van der Waals surface area (Å²) < 4.78 is 6.93. The summed E-state index contributed by atoms with van der Waals surface area (Å²) >= 11 is 1.72. The Bertz CT molecular complexity index is 632. The molecule has 106 valence electrons. The number of aryl methyl sites for hydroxylation is 1. The number of aromatic nitrogens is 2. The molecule has 6 heteroatoms. The number of fused-ring (bicyclic) bond motifs is 1. The largest absolute Gasteiger partial charge is 0.466 e. The van der Waals surface area contributed by atoms with Gasteiger partial charge in [-0.15, -0.1) is 11.3 Å². The van der Waals surface area contributed by atoms with Crippen LogP contribution in [-0.4, -0.2) is 28.9 Å². The predicted octanol–water partition coefficient (Wildman–Crippen LogP) is 2.52. The molecule has 0 aliphatic carbocycles. The predicted molar refractivity (Wildman–Crippen MR) is 78.9 cm³/mol. The molecule has 1 aliphatic heterocycles. The molecular weight excluding hydrogens is 274 g/mol. The van der Waals surface area contributed by atoms with Crippen molar-refractivity contribution in [2.75, 3.05) is 18.5 Å². The summed E-state index contributed by atoms with van der Waals surface area (Å²) in [5.74, 6) is 0.640. The van der Waals surface area contributed by atoms with Crippen LogP contribution in [0.5, 0.6) is 0 Å². The van der Waals surface area contributed by atoms with Crippen molar-refractivity contribution < 1.29 is 9.53 Å². The number of rotatable bonds is 3. The van der Waals surface area contributed by atoms with Crippen LogP contribution >= 0.6 is 11.3 Å². The Kier molecular flexibility index (Phi) is 3.48. The number of thiophene rings is 1. The molecular formula is C14H17N3O2S. The Morgan fingerprint density at radius 2 is 2.45 bits per heavy atom. The first-order valence-electron chi connectivity index (χ1n) is 6.72. The molecule has 0 fully saturated rings. The molecule has 3 rings (SSSR count). The number of nitrogens with zero attached hydrogens (tertiary/aromatic N) is 2. The van der Waals surface area contributed by atoms with Crippen molar-refractivity contribution in [3.05, 3.63) is 23.1 Å². The summed E-state index contributed by atoms with van der Waals surface area (Å²) in [5.41, 5.74) is 0.954. The second-order valence-corrected chi connectivity index (χ2v) is 6.12. The summed E-state index contributed by atoms with van der Waals surface area (Å²) in [7, 11) is 0. The number of ether oxygens (including phenoxy) is 1. The molecule has 1 unspecified atom stereocenters. The van der Waals surface area contributed by atoms with Crippen LogP contribution in [0.25, 0.3) is 10.6 Å². The van der Waals surface area contributed by atoms with Gasteiger partial charge in [-0.25, -0.2) is 4.68 Å². The van der Waals surface area contributed by atoms with Gasteiger partial charge in [0.05, 0.1) is 23.9 Å². The van der Waals surface area contributed by atoms with Gasteiger partial charge in [-0.2, -0.15) is 5.10 Å². The molecule has 0 bridgehead atoms. The van der Waals surface area contributed by atoms with Crippen LogP contribution in [0.1, 0.15) is 11.8 Å². The molecule has 3 heterocycles. The molecule has 0 aromatic carbocycles. The van der Waals surface area contributed by atoms with E-state index in [1.165, 1.54) is 4.88 Å². The first kappa shape index (κ1) is 13.2. The van der Waals surface area contributed by atoms with Crippen molar-refractivity contribution in [1.29, 1.82) is 0 Å². The van der Waals surface area contributed by atoms with Gasteiger partial charge in [-0.1, -0.05) is 0 Å². The Labute approximate surface area is 121 Å². The zero-order valence-electron chi connectivity index (χ0n) is 11.5. The van der Waals surface area contributed by atoms with Crippen molar-refractivity contribution in [3.63, 3.8) is 0 Å². The molecule has 0 radical (unpaired) electrons. The molecule has 0 saturated heterocycles. The maximum absolute atomic E-state index is 11.8. The number of carbonyl (C=O) groups excluding carboxylic acids is 1. The highest BCUT2D eigenvalue weighted by Crippen LogP contribution is 2.30. The van der Waals surface area contributed by atoms with E-state index in [1.54, 1.807) is 11.3 Å². The number of nitrogens with one attached hydrogen (secondary N) is 1. The normalized spacial score (nSPS) is 17.4. The molecule has 5 nitrogen and oxygen atoms in total. The third-order valence-corrected chi connectivity index (χ3v) is 4.34. The monoisotopic (exact) mass is 291 g/mol. The Morgan fingerprint density at radius 3 is 3.15 bits per heavy atom. The van der Waals surface area contributed by atoms with Gasteiger partial charge in [0.15, 0.2) is 0 Å². The lowest BCUT2D eigenvalue weighted by atomic mass is 10.1. The molecule has 20 heavy (non-hydrogen) atoms. The SMILES string of the molecule is CCOC(=O)C1CNc2cc(-c3ccc(C)s3)nn2C1. The summed E-state index contributed by atoms with van der Waals surface area (Å²) in [5, 5.41) is 7.84. The van der Waals surface area contributed by atoms with Crippen LogP contribution in [0.3, 0.4) is 0 Å². The lowest BCUT2D eigenvalue weighted by Gasteiger charge is -2.23. The third kappa shape index (κ3) is 2.43. The van der Waals surface area contributed by atoms with Gasteiger partial charge in [-0.05, 0) is 26.0 Å². The maximum atomic E-state index is 11.8. The molecule has 0 amide bonds. The van der Waals surface area contributed by atoms with Crippen LogP contribution < -0.4 is 5.32 Å². The van der Waals surface area contributed by atoms with E-state index in [-0.39, 0.29) is 11.9 Å². The van der Waals surface area contributed by atoms with Crippen molar-refractivity contribution >= 4 is 23.1 Å². The van der Waals surface area contributed by atoms with Gasteiger partial charge in [0.25, 0.3) is 0 Å². The lowest BCUT2D eigenvalue weighted by molar-refractivity contribution is -0.148. The van der Waals surface area contributed by atoms with Crippen LogP contribution in [0.2, 0.25) is 0 Å². The highest BCUT2D eigenvalue weighted by atomic mass is 32.1. The summed E-state index contributed by atoms with van der Waals surface area (Å²) in [6, 6.07) is 6.21. The quantitative estimate of drug-likeness (QED) is 0.883. The Balaban J connectivity index is 1.81. The second-order valence-electron chi connectivity index (χ2n) is 4.84. The molecule has 1 N–H and O–H groups in total. The van der Waals surface area contributed by atoms with Gasteiger partial charge in [-0.3, -0.25) is 4.79 Å². The molecule has 1 atom stereocenters. The van der Waals surface area contributed by atoms with E-state index in [4.69, 9.17) is 4.74 Å². The van der Waals surface area contributed by atoms with E-state index in [2.05, 4.69) is 29.5 Å². The van der Waals surface area contributed by atoms with Crippen LogP contribution in [0.4, 0.5) is 5.82 Å². The third-order valence-electron chi connectivity index (χ3n) is 3.32. The number of hydrogen-bond donors (Lipinski definition) is 1. The minimum Gasteiger partial charge on any atom is -0.466 e. The highest BCUT2D eigenvalue weighted by Gasteiger charge is 2.27. The maximum Gasteiger partial charge on any atom is 0.312 e. The molecule has 2 aromatic rings. The van der Waals surface area contributed by atoms with Gasteiger partial charge in [0.2, 0.25) is 0 Å². The summed E-state index contributed by atoms with van der Waals surface area (Å²) in [6.45, 7) is 5.50. The van der Waals surface area contributed by atoms with Crippen molar-refractivity contribution in [3.8, 4) is 10.6 Å². The fraction of sp³-hybridized carbons (Fsp3) is 0.429. The number of carbonyl (C=O) groups is 1. The van der Waals surface area contributed by atoms with Gasteiger partial charge < -0.3 is 10.1 Å². The molecule has 1 aliphatic rings. The fourth-order valence-corrected chi connectivity index (χ4v) is 3.13. The second kappa shape index (κ2) is 5.28. The van der Waals surface area contributed by atoms with Crippen LogP contribution in [0, 0.1) is 12.8 Å². The standard InChI is InChI=1S/C14H17N3O2S/c1-3-19-14(18)10-7-15-13-6-11(16-17(13)8-10)12-5-4-9(2)20-12/h4-6,10,15H,3,7-8H2,1-2H3. The molecule has 0 spiro atoms. The van der Waals surface area contributed by atoms with Crippen molar-refractivity contribution in [2.45, 2.75) is 20.4 Å². The van der Waals surface area contributed by atoms with Gasteiger partial charge >= 0.3 is 5.97 Å². The van der Waals surface area contributed by atoms with E-state index < -0.39 is 0 Å². The van der Waals surface area contributed by atoms with E-state index in [9.17, 15) is 4.79 Å². The summed E-state index contributed by atoms with van der Waals surface area (Å²) in [6.07, 6.45) is 0. The zero-order chi connectivity index (χ0) is 14.1. The molecule has 2 aromatic heterocycles. The van der Waals surface area contributed by atoms with Crippen LogP contribution in [-0.2, 0) is 16.1 Å². The number of anilines is 1. The minimum atomic E-state index is -0.166. The van der Waals surface area contributed by atoms with E-state index >= 15 is 0 Å². The van der Waals surface area contributed by atoms with Crippen LogP contribution in [0.15, 0.2) is 18.2 Å². The zero-order valence-corrected chi connectivity index (χ0v) is 12.4. The average molecular weight is 291 g/mol. The smallest absolute Gasteiger partial charge is 0.312 e. The Hall–Kier alpha value is -1.82. The first-order valence-corrected chi connectivity index (χ1v) is 7.54. The van der Waals surface area contributed by atoms with Gasteiger partial charge in [0.1, 0.15) is 11.5 Å². The first-order chi connectivity index (χ1) is 9.67. The van der Waals surface area contributed by atoms with Crippen molar-refractivity contribution in [2.24, 2.45) is 5.92 Å². The lowest BCUT2D eigenvalue weighted by Crippen LogP contribution is -2.34. The van der Waals surface area contributed by atoms with E-state index in [0.29, 0.717) is 19.7 Å². The van der Waals surface area contributed by atoms with E-state index in [1.807, 2.05) is 17.7 Å². The fourth-order valence-electron chi connectivity index (χ4n) is 2.31. The minimum absolute atomic E-state index is 0.158. The summed E-state index contributed by atoms with van der Waals surface area (Å²) in [4.78, 5) is 14.2. The Morgan fingerprint density at radius 1 is 1.60 bits per heavy atom. The van der Waals surface area contributed by atoms with Crippen molar-refractivity contribution in [1.82, 2.24) is 9.78 Å². The van der Waals surface area contributed by atoms with E-state index in [0.717, 1.165) is 16.4 Å². The number of esters is 1. The highest BCUT2D eigenvalue weighted by molar-refractivity contribution is 7.15. The number of hydrogen-bond acceptors (Lipinski definition) is 5.